The molecule has 0 fully saturated rings. The molecule has 0 unspecified atom stereocenters. The van der Waals surface area contributed by atoms with Crippen LogP contribution >= 0.6 is 24.0 Å². The van der Waals surface area contributed by atoms with Crippen LogP contribution < -0.4 is 15.4 Å². The average molecular weight is 361 g/mol. The number of hydrogen-bond donors (Lipinski definition) is 2. The number of aryl methyl sites for hydroxylation is 1. The van der Waals surface area contributed by atoms with Gasteiger partial charge in [0.05, 0.1) is 6.61 Å². The van der Waals surface area contributed by atoms with E-state index in [-0.39, 0.29) is 0 Å². The van der Waals surface area contributed by atoms with Gasteiger partial charge in [-0.3, -0.25) is 0 Å². The van der Waals surface area contributed by atoms with Crippen molar-refractivity contribution in [1.82, 2.24) is 5.32 Å². The van der Waals surface area contributed by atoms with Crippen molar-refractivity contribution < 1.29 is 4.74 Å². The standard InChI is InChI=1S/C19H24N2OS2/c1-3-22-18-6-4-5-17(13-18)21-19(23)20-11-12-24-14-16-9-7-15(2)8-10-16/h4-10,13H,3,11-12,14H2,1-2H3,(H2,20,21,23). The minimum atomic E-state index is 0.639. The molecule has 24 heavy (non-hydrogen) atoms. The third kappa shape index (κ3) is 6.81. The van der Waals surface area contributed by atoms with Crippen LogP contribution in [0, 0.1) is 6.92 Å². The summed E-state index contributed by atoms with van der Waals surface area (Å²) in [6.07, 6.45) is 0. The molecule has 0 aliphatic carbocycles. The first-order valence-corrected chi connectivity index (χ1v) is 9.64. The predicted molar refractivity (Wildman–Crippen MR) is 109 cm³/mol. The van der Waals surface area contributed by atoms with E-state index in [1.54, 1.807) is 0 Å². The molecule has 0 aliphatic heterocycles. The highest BCUT2D eigenvalue weighted by molar-refractivity contribution is 7.98. The van der Waals surface area contributed by atoms with Gasteiger partial charge in [-0.15, -0.1) is 0 Å². The van der Waals surface area contributed by atoms with Crippen LogP contribution in [0.25, 0.3) is 0 Å². The van der Waals surface area contributed by atoms with Gasteiger partial charge in [-0.1, -0.05) is 35.9 Å². The van der Waals surface area contributed by atoms with Gasteiger partial charge >= 0.3 is 0 Å². The number of rotatable bonds is 8. The summed E-state index contributed by atoms with van der Waals surface area (Å²) in [5.74, 6) is 2.88. The van der Waals surface area contributed by atoms with E-state index in [9.17, 15) is 0 Å². The normalized spacial score (nSPS) is 10.2. The summed E-state index contributed by atoms with van der Waals surface area (Å²) in [5.41, 5.74) is 3.60. The van der Waals surface area contributed by atoms with Gasteiger partial charge in [0, 0.05) is 29.8 Å². The van der Waals surface area contributed by atoms with Crippen molar-refractivity contribution in [2.75, 3.05) is 24.2 Å². The van der Waals surface area contributed by atoms with E-state index >= 15 is 0 Å². The molecule has 0 heterocycles. The largest absolute Gasteiger partial charge is 0.494 e. The predicted octanol–water partition coefficient (Wildman–Crippen LogP) is 4.61. The van der Waals surface area contributed by atoms with Crippen LogP contribution in [0.4, 0.5) is 5.69 Å². The Morgan fingerprint density at radius 1 is 1.17 bits per heavy atom. The van der Waals surface area contributed by atoms with Gasteiger partial charge in [-0.05, 0) is 43.8 Å². The Kier molecular flexibility index (Phi) is 7.92. The lowest BCUT2D eigenvalue weighted by atomic mass is 10.2. The molecule has 0 bridgehead atoms. The van der Waals surface area contributed by atoms with E-state index in [1.165, 1.54) is 11.1 Å². The van der Waals surface area contributed by atoms with E-state index < -0.39 is 0 Å². The highest BCUT2D eigenvalue weighted by Gasteiger charge is 2.00. The van der Waals surface area contributed by atoms with Crippen LogP contribution in [-0.2, 0) is 5.75 Å². The summed E-state index contributed by atoms with van der Waals surface area (Å²) in [5, 5.41) is 7.06. The van der Waals surface area contributed by atoms with Gasteiger partial charge in [0.1, 0.15) is 5.75 Å². The fraction of sp³-hybridized carbons (Fsp3) is 0.316. The van der Waals surface area contributed by atoms with E-state index in [1.807, 2.05) is 43.0 Å². The third-order valence-electron chi connectivity index (χ3n) is 3.32. The molecule has 0 aliphatic rings. The molecule has 0 aromatic heterocycles. The zero-order chi connectivity index (χ0) is 17.2. The number of thioether (sulfide) groups is 1. The minimum absolute atomic E-state index is 0.639. The van der Waals surface area contributed by atoms with Crippen LogP contribution in [0.3, 0.4) is 0 Å². The molecule has 0 spiro atoms. The van der Waals surface area contributed by atoms with Crippen molar-refractivity contribution in [2.24, 2.45) is 0 Å². The lowest BCUT2D eigenvalue weighted by Gasteiger charge is -2.11. The van der Waals surface area contributed by atoms with Gasteiger partial charge in [-0.25, -0.2) is 0 Å². The van der Waals surface area contributed by atoms with Crippen molar-refractivity contribution in [3.05, 3.63) is 59.7 Å². The molecule has 128 valence electrons. The molecule has 0 atom stereocenters. The number of ether oxygens (including phenoxy) is 1. The summed E-state index contributed by atoms with van der Waals surface area (Å²) < 4.78 is 5.48. The highest BCUT2D eigenvalue weighted by atomic mass is 32.2. The Morgan fingerprint density at radius 3 is 2.71 bits per heavy atom. The SMILES string of the molecule is CCOc1cccc(NC(=S)NCCSCc2ccc(C)cc2)c1. The Bertz CT molecular complexity index is 644. The molecule has 2 N–H and O–H groups in total. The van der Waals surface area contributed by atoms with Crippen LogP contribution in [0.2, 0.25) is 0 Å². The fourth-order valence-electron chi connectivity index (χ4n) is 2.12. The number of anilines is 1. The van der Waals surface area contributed by atoms with Gasteiger partial charge in [-0.2, -0.15) is 11.8 Å². The van der Waals surface area contributed by atoms with Gasteiger partial charge in [0.2, 0.25) is 0 Å². The van der Waals surface area contributed by atoms with E-state index in [0.29, 0.717) is 11.7 Å². The average Bonchev–Trinajstić information content (AvgIpc) is 2.57. The number of benzene rings is 2. The van der Waals surface area contributed by atoms with Crippen molar-refractivity contribution in [2.45, 2.75) is 19.6 Å². The van der Waals surface area contributed by atoms with Crippen LogP contribution in [0.15, 0.2) is 48.5 Å². The Hall–Kier alpha value is -1.72. The first kappa shape index (κ1) is 18.6. The van der Waals surface area contributed by atoms with Crippen LogP contribution in [0.1, 0.15) is 18.1 Å². The molecule has 3 nitrogen and oxygen atoms in total. The minimum Gasteiger partial charge on any atom is -0.494 e. The maximum atomic E-state index is 5.48. The van der Waals surface area contributed by atoms with Crippen molar-refractivity contribution in [1.29, 1.82) is 0 Å². The molecule has 0 saturated heterocycles. The summed E-state index contributed by atoms with van der Waals surface area (Å²) in [6.45, 7) is 5.58. The summed E-state index contributed by atoms with van der Waals surface area (Å²) in [4.78, 5) is 0. The maximum Gasteiger partial charge on any atom is 0.170 e. The zero-order valence-corrected chi connectivity index (χ0v) is 15.8. The van der Waals surface area contributed by atoms with Gasteiger partial charge < -0.3 is 15.4 Å². The molecule has 0 amide bonds. The van der Waals surface area contributed by atoms with Crippen molar-refractivity contribution in [3.63, 3.8) is 0 Å². The van der Waals surface area contributed by atoms with E-state index in [0.717, 1.165) is 29.5 Å². The topological polar surface area (TPSA) is 33.3 Å². The second-order valence-electron chi connectivity index (χ2n) is 5.38. The number of thiocarbonyl (C=S) groups is 1. The lowest BCUT2D eigenvalue weighted by Crippen LogP contribution is -2.30. The van der Waals surface area contributed by atoms with Crippen LogP contribution in [0.5, 0.6) is 5.75 Å². The van der Waals surface area contributed by atoms with E-state index in [4.69, 9.17) is 17.0 Å². The van der Waals surface area contributed by atoms with Crippen LogP contribution in [-0.4, -0.2) is 24.0 Å². The molecule has 0 radical (unpaired) electrons. The maximum absolute atomic E-state index is 5.48. The van der Waals surface area contributed by atoms with Gasteiger partial charge in [0.25, 0.3) is 0 Å². The lowest BCUT2D eigenvalue weighted by molar-refractivity contribution is 0.340. The summed E-state index contributed by atoms with van der Waals surface area (Å²) in [6, 6.07) is 16.5. The third-order valence-corrected chi connectivity index (χ3v) is 4.60. The second-order valence-corrected chi connectivity index (χ2v) is 6.89. The Balaban J connectivity index is 1.64. The first-order valence-electron chi connectivity index (χ1n) is 8.08. The second kappa shape index (κ2) is 10.2. The molecule has 2 aromatic carbocycles. The number of hydrogen-bond acceptors (Lipinski definition) is 3. The highest BCUT2D eigenvalue weighted by Crippen LogP contribution is 2.17. The summed E-state index contributed by atoms with van der Waals surface area (Å²) >= 11 is 7.23. The van der Waals surface area contributed by atoms with Crippen molar-refractivity contribution in [3.8, 4) is 5.75 Å². The molecule has 0 saturated carbocycles. The first-order chi connectivity index (χ1) is 11.7. The fourth-order valence-corrected chi connectivity index (χ4v) is 3.16. The zero-order valence-electron chi connectivity index (χ0n) is 14.2. The molecule has 5 heteroatoms. The molecular formula is C19H24N2OS2. The number of nitrogens with one attached hydrogen (secondary N) is 2. The van der Waals surface area contributed by atoms with Crippen molar-refractivity contribution >= 4 is 34.8 Å². The quantitative estimate of drug-likeness (QED) is 0.530. The Labute approximate surface area is 154 Å². The smallest absolute Gasteiger partial charge is 0.170 e. The molecular weight excluding hydrogens is 336 g/mol. The Morgan fingerprint density at radius 2 is 1.96 bits per heavy atom. The molecule has 2 aromatic rings. The summed E-state index contributed by atoms with van der Waals surface area (Å²) in [7, 11) is 0. The molecule has 2 rings (SSSR count). The monoisotopic (exact) mass is 360 g/mol. The van der Waals surface area contributed by atoms with E-state index in [2.05, 4.69) is 41.8 Å². The van der Waals surface area contributed by atoms with Gasteiger partial charge in [0.15, 0.2) is 5.11 Å².